The van der Waals surface area contributed by atoms with E-state index in [1.165, 1.54) is 6.39 Å². The van der Waals surface area contributed by atoms with Crippen molar-refractivity contribution in [1.29, 1.82) is 0 Å². The smallest absolute Gasteiger partial charge is 0.255 e. The molecule has 0 bridgehead atoms. The van der Waals surface area contributed by atoms with Gasteiger partial charge in [-0.2, -0.15) is 0 Å². The van der Waals surface area contributed by atoms with Gasteiger partial charge in [0, 0.05) is 17.3 Å². The first-order valence-corrected chi connectivity index (χ1v) is 6.05. The lowest BCUT2D eigenvalue weighted by atomic mass is 10.2. The lowest BCUT2D eigenvalue weighted by Crippen LogP contribution is -2.11. The van der Waals surface area contributed by atoms with Crippen LogP contribution < -0.4 is 10.1 Å². The summed E-state index contributed by atoms with van der Waals surface area (Å²) in [5.74, 6) is 0.477. The van der Waals surface area contributed by atoms with Crippen LogP contribution in [0.1, 0.15) is 10.4 Å². The van der Waals surface area contributed by atoms with Gasteiger partial charge in [-0.15, -0.1) is 0 Å². The van der Waals surface area contributed by atoms with Crippen molar-refractivity contribution in [2.75, 3.05) is 12.4 Å². The van der Waals surface area contributed by atoms with Crippen LogP contribution in [0, 0.1) is 0 Å². The van der Waals surface area contributed by atoms with E-state index in [2.05, 4.69) is 10.3 Å². The SMILES string of the molecule is COc1cccc(NC(=O)c2ccc3ncoc3c2)c1. The summed E-state index contributed by atoms with van der Waals surface area (Å²) in [6.45, 7) is 0. The van der Waals surface area contributed by atoms with E-state index in [-0.39, 0.29) is 5.91 Å². The number of anilines is 1. The fraction of sp³-hybridized carbons (Fsp3) is 0.0667. The first kappa shape index (κ1) is 12.2. The second-order valence-electron chi connectivity index (χ2n) is 4.22. The lowest BCUT2D eigenvalue weighted by Gasteiger charge is -2.06. The molecule has 3 aromatic rings. The maximum Gasteiger partial charge on any atom is 0.255 e. The number of oxazole rings is 1. The molecule has 1 aromatic heterocycles. The fourth-order valence-electron chi connectivity index (χ4n) is 1.90. The van der Waals surface area contributed by atoms with Gasteiger partial charge in [0.15, 0.2) is 12.0 Å². The molecule has 1 heterocycles. The monoisotopic (exact) mass is 268 g/mol. The number of methoxy groups -OCH3 is 1. The van der Waals surface area contributed by atoms with Crippen LogP contribution in [-0.4, -0.2) is 18.0 Å². The summed E-state index contributed by atoms with van der Waals surface area (Å²) in [6.07, 6.45) is 1.36. The van der Waals surface area contributed by atoms with Crippen LogP contribution in [0.5, 0.6) is 5.75 Å². The molecule has 0 aliphatic rings. The number of fused-ring (bicyclic) bond motifs is 1. The Morgan fingerprint density at radius 3 is 3.00 bits per heavy atom. The van der Waals surface area contributed by atoms with E-state index in [0.717, 1.165) is 5.52 Å². The maximum absolute atomic E-state index is 12.2. The molecule has 0 saturated heterocycles. The van der Waals surface area contributed by atoms with Crippen molar-refractivity contribution in [1.82, 2.24) is 4.98 Å². The average molecular weight is 268 g/mol. The number of carbonyl (C=O) groups is 1. The number of rotatable bonds is 3. The predicted molar refractivity (Wildman–Crippen MR) is 75.0 cm³/mol. The molecular weight excluding hydrogens is 256 g/mol. The Kier molecular flexibility index (Phi) is 3.09. The molecule has 0 aliphatic carbocycles. The Hall–Kier alpha value is -2.82. The van der Waals surface area contributed by atoms with Gasteiger partial charge in [0.2, 0.25) is 0 Å². The van der Waals surface area contributed by atoms with E-state index in [9.17, 15) is 4.79 Å². The molecule has 5 nitrogen and oxygen atoms in total. The topological polar surface area (TPSA) is 64.4 Å². The van der Waals surface area contributed by atoms with E-state index in [4.69, 9.17) is 9.15 Å². The highest BCUT2D eigenvalue weighted by molar-refractivity contribution is 6.05. The molecule has 20 heavy (non-hydrogen) atoms. The minimum absolute atomic E-state index is 0.212. The van der Waals surface area contributed by atoms with Crippen LogP contribution in [0.15, 0.2) is 53.3 Å². The van der Waals surface area contributed by atoms with E-state index in [1.807, 2.05) is 12.1 Å². The third kappa shape index (κ3) is 2.33. The van der Waals surface area contributed by atoms with Gasteiger partial charge < -0.3 is 14.5 Å². The summed E-state index contributed by atoms with van der Waals surface area (Å²) in [5.41, 5.74) is 2.50. The van der Waals surface area contributed by atoms with Crippen molar-refractivity contribution >= 4 is 22.7 Å². The summed E-state index contributed by atoms with van der Waals surface area (Å²) < 4.78 is 10.3. The number of nitrogens with zero attached hydrogens (tertiary/aromatic N) is 1. The van der Waals surface area contributed by atoms with Crippen molar-refractivity contribution < 1.29 is 13.9 Å². The van der Waals surface area contributed by atoms with Gasteiger partial charge in [-0.3, -0.25) is 4.79 Å². The van der Waals surface area contributed by atoms with Crippen LogP contribution in [0.25, 0.3) is 11.1 Å². The molecule has 0 radical (unpaired) electrons. The zero-order valence-electron chi connectivity index (χ0n) is 10.8. The Bertz CT molecular complexity index is 764. The van der Waals surface area contributed by atoms with Gasteiger partial charge in [-0.1, -0.05) is 6.07 Å². The summed E-state index contributed by atoms with van der Waals surface area (Å²) in [6, 6.07) is 12.3. The molecular formula is C15H12N2O3. The van der Waals surface area contributed by atoms with Crippen LogP contribution in [0.2, 0.25) is 0 Å². The first-order chi connectivity index (χ1) is 9.76. The molecule has 100 valence electrons. The molecule has 1 amide bonds. The summed E-state index contributed by atoms with van der Waals surface area (Å²) in [7, 11) is 1.58. The highest BCUT2D eigenvalue weighted by Gasteiger charge is 2.09. The second-order valence-corrected chi connectivity index (χ2v) is 4.22. The van der Waals surface area contributed by atoms with E-state index >= 15 is 0 Å². The maximum atomic E-state index is 12.2. The molecule has 0 atom stereocenters. The molecule has 0 unspecified atom stereocenters. The Morgan fingerprint density at radius 1 is 1.25 bits per heavy atom. The number of benzene rings is 2. The molecule has 5 heteroatoms. The summed E-state index contributed by atoms with van der Waals surface area (Å²) in [4.78, 5) is 16.2. The van der Waals surface area contributed by atoms with Gasteiger partial charge in [0.1, 0.15) is 11.3 Å². The first-order valence-electron chi connectivity index (χ1n) is 6.05. The van der Waals surface area contributed by atoms with E-state index in [1.54, 1.807) is 37.4 Å². The van der Waals surface area contributed by atoms with E-state index < -0.39 is 0 Å². The lowest BCUT2D eigenvalue weighted by molar-refractivity contribution is 0.102. The highest BCUT2D eigenvalue weighted by Crippen LogP contribution is 2.19. The van der Waals surface area contributed by atoms with Crippen molar-refractivity contribution in [3.63, 3.8) is 0 Å². The largest absolute Gasteiger partial charge is 0.497 e. The second kappa shape index (κ2) is 5.05. The minimum atomic E-state index is -0.212. The Morgan fingerprint density at radius 2 is 2.15 bits per heavy atom. The van der Waals surface area contributed by atoms with Gasteiger partial charge in [0.25, 0.3) is 5.91 Å². The quantitative estimate of drug-likeness (QED) is 0.792. The van der Waals surface area contributed by atoms with Crippen LogP contribution in [0.4, 0.5) is 5.69 Å². The normalized spacial score (nSPS) is 10.4. The van der Waals surface area contributed by atoms with Gasteiger partial charge >= 0.3 is 0 Å². The van der Waals surface area contributed by atoms with Gasteiger partial charge in [-0.05, 0) is 30.3 Å². The molecule has 3 rings (SSSR count). The zero-order chi connectivity index (χ0) is 13.9. The van der Waals surface area contributed by atoms with Crippen molar-refractivity contribution in [3.05, 3.63) is 54.4 Å². The van der Waals surface area contributed by atoms with Crippen molar-refractivity contribution in [3.8, 4) is 5.75 Å². The number of amides is 1. The average Bonchev–Trinajstić information content (AvgIpc) is 2.94. The van der Waals surface area contributed by atoms with Gasteiger partial charge in [0.05, 0.1) is 7.11 Å². The summed E-state index contributed by atoms with van der Waals surface area (Å²) >= 11 is 0. The molecule has 0 saturated carbocycles. The van der Waals surface area contributed by atoms with Crippen LogP contribution >= 0.6 is 0 Å². The molecule has 1 N–H and O–H groups in total. The predicted octanol–water partition coefficient (Wildman–Crippen LogP) is 3.09. The summed E-state index contributed by atoms with van der Waals surface area (Å²) in [5, 5.41) is 2.81. The number of aromatic nitrogens is 1. The zero-order valence-corrected chi connectivity index (χ0v) is 10.8. The van der Waals surface area contributed by atoms with Crippen molar-refractivity contribution in [2.45, 2.75) is 0 Å². The van der Waals surface area contributed by atoms with Crippen LogP contribution in [-0.2, 0) is 0 Å². The third-order valence-corrected chi connectivity index (χ3v) is 2.92. The fourth-order valence-corrected chi connectivity index (χ4v) is 1.90. The molecule has 0 aliphatic heterocycles. The molecule has 0 fully saturated rings. The standard InChI is InChI=1S/C15H12N2O3/c1-19-12-4-2-3-11(8-12)17-15(18)10-5-6-13-14(7-10)20-9-16-13/h2-9H,1H3,(H,17,18). The molecule has 2 aromatic carbocycles. The third-order valence-electron chi connectivity index (χ3n) is 2.92. The Labute approximate surface area is 115 Å². The minimum Gasteiger partial charge on any atom is -0.497 e. The van der Waals surface area contributed by atoms with E-state index in [0.29, 0.717) is 22.6 Å². The number of carbonyl (C=O) groups excluding carboxylic acids is 1. The Balaban J connectivity index is 1.84. The van der Waals surface area contributed by atoms with Crippen LogP contribution in [0.3, 0.4) is 0 Å². The molecule has 0 spiro atoms. The number of hydrogen-bond donors (Lipinski definition) is 1. The number of ether oxygens (including phenoxy) is 1. The van der Waals surface area contributed by atoms with Gasteiger partial charge in [-0.25, -0.2) is 4.98 Å². The number of nitrogens with one attached hydrogen (secondary N) is 1. The highest BCUT2D eigenvalue weighted by atomic mass is 16.5. The van der Waals surface area contributed by atoms with Crippen molar-refractivity contribution in [2.24, 2.45) is 0 Å². The number of hydrogen-bond acceptors (Lipinski definition) is 4.